The van der Waals surface area contributed by atoms with Crippen molar-refractivity contribution in [2.45, 2.75) is 19.8 Å². The molecule has 0 fully saturated rings. The first-order valence-electron chi connectivity index (χ1n) is 5.69. The molecule has 94 valence electrons. The van der Waals surface area contributed by atoms with Crippen LogP contribution in [-0.2, 0) is 0 Å². The zero-order chi connectivity index (χ0) is 12.8. The molecule has 1 rings (SSSR count). The largest absolute Gasteiger partial charge is 0.497 e. The molecule has 0 aromatic heterocycles. The molecule has 1 atom stereocenters. The van der Waals surface area contributed by atoms with Gasteiger partial charge in [0.05, 0.1) is 12.7 Å². The summed E-state index contributed by atoms with van der Waals surface area (Å²) < 4.78 is 18.5. The van der Waals surface area contributed by atoms with Crippen LogP contribution in [0.25, 0.3) is 0 Å². The second-order valence-corrected chi connectivity index (χ2v) is 3.98. The molecule has 3 nitrogen and oxygen atoms in total. The molecule has 0 aliphatic carbocycles. The molecule has 1 aromatic rings. The molecule has 1 aromatic carbocycles. The Labute approximate surface area is 101 Å². The molecule has 0 saturated carbocycles. The minimum Gasteiger partial charge on any atom is -0.497 e. The Morgan fingerprint density at radius 2 is 2.24 bits per heavy atom. The van der Waals surface area contributed by atoms with Crippen molar-refractivity contribution in [2.75, 3.05) is 13.7 Å². The Bertz CT molecular complexity index is 389. The van der Waals surface area contributed by atoms with E-state index >= 15 is 0 Å². The van der Waals surface area contributed by atoms with Crippen LogP contribution in [0.15, 0.2) is 18.2 Å². The summed E-state index contributed by atoms with van der Waals surface area (Å²) in [5.74, 6) is -0.224. The van der Waals surface area contributed by atoms with Gasteiger partial charge in [-0.15, -0.1) is 0 Å². The summed E-state index contributed by atoms with van der Waals surface area (Å²) in [6.45, 7) is 2.41. The number of methoxy groups -OCH3 is 1. The van der Waals surface area contributed by atoms with Gasteiger partial charge in [-0.3, -0.25) is 4.79 Å². The van der Waals surface area contributed by atoms with Gasteiger partial charge in [-0.1, -0.05) is 13.3 Å². The van der Waals surface area contributed by atoms with Crippen LogP contribution in [0.5, 0.6) is 5.75 Å². The highest BCUT2D eigenvalue weighted by Crippen LogP contribution is 2.19. The molecule has 0 spiro atoms. The zero-order valence-corrected chi connectivity index (χ0v) is 10.2. The number of ketones is 1. The number of halogens is 1. The number of carbonyl (C=O) groups excluding carboxylic acids is 1. The molecule has 4 heteroatoms. The number of ether oxygens (including phenoxy) is 1. The van der Waals surface area contributed by atoms with Crippen LogP contribution < -0.4 is 10.5 Å². The van der Waals surface area contributed by atoms with Gasteiger partial charge < -0.3 is 10.5 Å². The van der Waals surface area contributed by atoms with Crippen LogP contribution in [0.3, 0.4) is 0 Å². The molecule has 0 saturated heterocycles. The average molecular weight is 239 g/mol. The van der Waals surface area contributed by atoms with E-state index in [0.717, 1.165) is 6.42 Å². The standard InChI is InChI=1S/C13H18FNO2/c1-3-9(8-15)6-13(16)11-5-4-10(17-2)7-12(11)14/h4-5,7,9H,3,6,8,15H2,1-2H3. The number of carbonyl (C=O) groups is 1. The van der Waals surface area contributed by atoms with Gasteiger partial charge in [0.15, 0.2) is 5.78 Å². The van der Waals surface area contributed by atoms with Crippen LogP contribution >= 0.6 is 0 Å². The molecular formula is C13H18FNO2. The van der Waals surface area contributed by atoms with E-state index in [1.54, 1.807) is 6.07 Å². The van der Waals surface area contributed by atoms with E-state index in [1.807, 2.05) is 6.92 Å². The quantitative estimate of drug-likeness (QED) is 0.775. The van der Waals surface area contributed by atoms with Crippen molar-refractivity contribution in [1.82, 2.24) is 0 Å². The maximum atomic E-state index is 13.6. The van der Waals surface area contributed by atoms with E-state index in [2.05, 4.69) is 0 Å². The number of benzene rings is 1. The van der Waals surface area contributed by atoms with Crippen LogP contribution in [0.1, 0.15) is 30.1 Å². The second-order valence-electron chi connectivity index (χ2n) is 3.98. The first-order chi connectivity index (χ1) is 8.12. The zero-order valence-electron chi connectivity index (χ0n) is 10.2. The Morgan fingerprint density at radius 1 is 1.53 bits per heavy atom. The van der Waals surface area contributed by atoms with Gasteiger partial charge >= 0.3 is 0 Å². The fourth-order valence-corrected chi connectivity index (χ4v) is 1.62. The van der Waals surface area contributed by atoms with Crippen molar-refractivity contribution >= 4 is 5.78 Å². The highest BCUT2D eigenvalue weighted by molar-refractivity contribution is 5.96. The summed E-state index contributed by atoms with van der Waals surface area (Å²) in [6.07, 6.45) is 1.11. The van der Waals surface area contributed by atoms with Crippen LogP contribution in [0.2, 0.25) is 0 Å². The monoisotopic (exact) mass is 239 g/mol. The molecule has 0 aliphatic rings. The number of hydrogen-bond acceptors (Lipinski definition) is 3. The number of hydrogen-bond donors (Lipinski definition) is 1. The predicted molar refractivity (Wildman–Crippen MR) is 64.7 cm³/mol. The lowest BCUT2D eigenvalue weighted by Crippen LogP contribution is -2.18. The molecule has 0 bridgehead atoms. The first kappa shape index (κ1) is 13.6. The molecule has 17 heavy (non-hydrogen) atoms. The number of rotatable bonds is 6. The van der Waals surface area contributed by atoms with E-state index in [0.29, 0.717) is 12.3 Å². The number of Topliss-reactive ketones (excluding diaryl/α,β-unsaturated/α-hetero) is 1. The topological polar surface area (TPSA) is 52.3 Å². The van der Waals surface area contributed by atoms with Gasteiger partial charge in [-0.25, -0.2) is 4.39 Å². The van der Waals surface area contributed by atoms with Crippen molar-refractivity contribution in [2.24, 2.45) is 11.7 Å². The fourth-order valence-electron chi connectivity index (χ4n) is 1.62. The lowest BCUT2D eigenvalue weighted by Gasteiger charge is -2.11. The Hall–Kier alpha value is -1.42. The third-order valence-electron chi connectivity index (χ3n) is 2.86. The minimum atomic E-state index is -0.541. The van der Waals surface area contributed by atoms with Gasteiger partial charge in [0.1, 0.15) is 11.6 Å². The van der Waals surface area contributed by atoms with Crippen LogP contribution in [-0.4, -0.2) is 19.4 Å². The van der Waals surface area contributed by atoms with Gasteiger partial charge in [-0.05, 0) is 24.6 Å². The molecule has 0 aliphatic heterocycles. The highest BCUT2D eigenvalue weighted by Gasteiger charge is 2.16. The lowest BCUT2D eigenvalue weighted by atomic mass is 9.96. The van der Waals surface area contributed by atoms with E-state index in [-0.39, 0.29) is 23.7 Å². The third-order valence-corrected chi connectivity index (χ3v) is 2.86. The number of nitrogens with two attached hydrogens (primary N) is 1. The van der Waals surface area contributed by atoms with Gasteiger partial charge in [0.2, 0.25) is 0 Å². The SMILES string of the molecule is CCC(CN)CC(=O)c1ccc(OC)cc1F. The van der Waals surface area contributed by atoms with Gasteiger partial charge in [-0.2, -0.15) is 0 Å². The van der Waals surface area contributed by atoms with Crippen molar-refractivity contribution in [3.8, 4) is 5.75 Å². The summed E-state index contributed by atoms with van der Waals surface area (Å²) >= 11 is 0. The second kappa shape index (κ2) is 6.35. The molecule has 0 heterocycles. The van der Waals surface area contributed by atoms with Crippen molar-refractivity contribution in [1.29, 1.82) is 0 Å². The fraction of sp³-hybridized carbons (Fsp3) is 0.462. The molecule has 0 radical (unpaired) electrons. The minimum absolute atomic E-state index is 0.109. The van der Waals surface area contributed by atoms with E-state index in [1.165, 1.54) is 19.2 Å². The van der Waals surface area contributed by atoms with E-state index < -0.39 is 5.82 Å². The van der Waals surface area contributed by atoms with Gasteiger partial charge in [0, 0.05) is 12.5 Å². The third kappa shape index (κ3) is 3.53. The van der Waals surface area contributed by atoms with Crippen molar-refractivity contribution in [3.63, 3.8) is 0 Å². The molecule has 1 unspecified atom stereocenters. The van der Waals surface area contributed by atoms with Crippen LogP contribution in [0.4, 0.5) is 4.39 Å². The van der Waals surface area contributed by atoms with E-state index in [9.17, 15) is 9.18 Å². The summed E-state index contributed by atoms with van der Waals surface area (Å²) in [6, 6.07) is 4.26. The van der Waals surface area contributed by atoms with Gasteiger partial charge in [0.25, 0.3) is 0 Å². The Morgan fingerprint density at radius 3 is 2.71 bits per heavy atom. The lowest BCUT2D eigenvalue weighted by molar-refractivity contribution is 0.0957. The summed E-state index contributed by atoms with van der Waals surface area (Å²) in [7, 11) is 1.46. The summed E-state index contributed by atoms with van der Waals surface area (Å²) in [5, 5.41) is 0. The normalized spacial score (nSPS) is 12.2. The molecular weight excluding hydrogens is 221 g/mol. The Kier molecular flexibility index (Phi) is 5.10. The summed E-state index contributed by atoms with van der Waals surface area (Å²) in [5.41, 5.74) is 5.64. The maximum Gasteiger partial charge on any atom is 0.166 e. The van der Waals surface area contributed by atoms with E-state index in [4.69, 9.17) is 10.5 Å². The van der Waals surface area contributed by atoms with Crippen LogP contribution in [0, 0.1) is 11.7 Å². The maximum absolute atomic E-state index is 13.6. The predicted octanol–water partition coefficient (Wildman–Crippen LogP) is 2.39. The molecule has 0 amide bonds. The highest BCUT2D eigenvalue weighted by atomic mass is 19.1. The average Bonchev–Trinajstić information content (AvgIpc) is 2.35. The van der Waals surface area contributed by atoms with Crippen molar-refractivity contribution in [3.05, 3.63) is 29.6 Å². The summed E-state index contributed by atoms with van der Waals surface area (Å²) in [4.78, 5) is 11.9. The van der Waals surface area contributed by atoms with Crippen molar-refractivity contribution < 1.29 is 13.9 Å². The first-order valence-corrected chi connectivity index (χ1v) is 5.69. The molecule has 2 N–H and O–H groups in total. The smallest absolute Gasteiger partial charge is 0.166 e. The Balaban J connectivity index is 2.82.